The van der Waals surface area contributed by atoms with Crippen LogP contribution in [0, 0.1) is 0 Å². The predicted molar refractivity (Wildman–Crippen MR) is 193 cm³/mol. The van der Waals surface area contributed by atoms with E-state index in [0.717, 1.165) is 27.9 Å². The van der Waals surface area contributed by atoms with Gasteiger partial charge in [0.05, 0.1) is 31.6 Å². The first kappa shape index (κ1) is 34.0. The van der Waals surface area contributed by atoms with Gasteiger partial charge in [-0.25, -0.2) is 29.1 Å². The molecule has 3 aromatic carbocycles. The van der Waals surface area contributed by atoms with Crippen LogP contribution < -0.4 is 15.2 Å². The summed E-state index contributed by atoms with van der Waals surface area (Å²) in [5, 5.41) is 13.3. The van der Waals surface area contributed by atoms with Gasteiger partial charge in [-0.2, -0.15) is 4.36 Å². The minimum Gasteiger partial charge on any atom is -0.481 e. The molecule has 2 aliphatic rings. The second kappa shape index (κ2) is 13.9. The summed E-state index contributed by atoms with van der Waals surface area (Å²) in [5.41, 5.74) is 3.44. The predicted octanol–water partition coefficient (Wildman–Crippen LogP) is 7.32. The van der Waals surface area contributed by atoms with E-state index in [1.807, 2.05) is 111 Å². The van der Waals surface area contributed by atoms with E-state index in [1.165, 1.54) is 5.01 Å². The van der Waals surface area contributed by atoms with Gasteiger partial charge in [0.25, 0.3) is 0 Å². The number of carbonyl (C=O) groups excluding carboxylic acids is 1. The Labute approximate surface area is 289 Å². The van der Waals surface area contributed by atoms with Crippen molar-refractivity contribution in [2.75, 3.05) is 32.1 Å². The fraction of sp³-hybridized carbons (Fsp3) is 0.316. The Bertz CT molecular complexity index is 1830. The van der Waals surface area contributed by atoms with E-state index in [0.29, 0.717) is 37.0 Å². The lowest BCUT2D eigenvalue weighted by atomic mass is 9.78. The molecule has 4 aromatic rings. The number of urea groups is 1. The molecule has 1 fully saturated rings. The van der Waals surface area contributed by atoms with Crippen LogP contribution in [0.25, 0.3) is 0 Å². The number of hydrogen-bond donors (Lipinski definition) is 2. The third-order valence-electron chi connectivity index (χ3n) is 8.91. The van der Waals surface area contributed by atoms with Gasteiger partial charge >= 0.3 is 6.03 Å². The number of aromatic nitrogens is 1. The number of hydrazine groups is 1. The summed E-state index contributed by atoms with van der Waals surface area (Å²) in [6.07, 6.45) is 0.671. The molecule has 6 rings (SSSR count). The van der Waals surface area contributed by atoms with Gasteiger partial charge in [-0.1, -0.05) is 119 Å². The maximum absolute atomic E-state index is 15.1. The van der Waals surface area contributed by atoms with E-state index in [9.17, 15) is 4.79 Å². The van der Waals surface area contributed by atoms with Crippen molar-refractivity contribution in [2.45, 2.75) is 51.5 Å². The van der Waals surface area contributed by atoms with Crippen molar-refractivity contribution in [1.29, 1.82) is 0 Å². The van der Waals surface area contributed by atoms with E-state index in [2.05, 4.69) is 19.2 Å². The molecule has 256 valence electrons. The van der Waals surface area contributed by atoms with Gasteiger partial charge in [-0.3, -0.25) is 0 Å². The van der Waals surface area contributed by atoms with E-state index in [-0.39, 0.29) is 23.3 Å². The molecule has 1 unspecified atom stereocenters. The van der Waals surface area contributed by atoms with Gasteiger partial charge in [0.2, 0.25) is 11.8 Å². The van der Waals surface area contributed by atoms with Crippen molar-refractivity contribution in [1.82, 2.24) is 15.0 Å². The van der Waals surface area contributed by atoms with Crippen molar-refractivity contribution in [3.8, 4) is 5.88 Å². The van der Waals surface area contributed by atoms with Gasteiger partial charge in [0, 0.05) is 19.0 Å². The number of anilines is 1. The number of ether oxygens (including phenoxy) is 2. The van der Waals surface area contributed by atoms with Crippen molar-refractivity contribution in [2.24, 2.45) is 9.50 Å². The molecule has 1 saturated heterocycles. The molecule has 0 aliphatic carbocycles. The van der Waals surface area contributed by atoms with Crippen molar-refractivity contribution in [3.63, 3.8) is 0 Å². The van der Waals surface area contributed by atoms with Crippen LogP contribution in [0.2, 0.25) is 0 Å². The Kier molecular flexibility index (Phi) is 9.67. The highest BCUT2D eigenvalue weighted by Gasteiger charge is 2.44. The smallest absolute Gasteiger partial charge is 0.341 e. The third kappa shape index (κ3) is 6.48. The number of nitrogens with zero attached hydrogens (tertiary/aromatic N) is 4. The zero-order valence-electron chi connectivity index (χ0n) is 28.6. The van der Waals surface area contributed by atoms with E-state index in [4.69, 9.17) is 24.0 Å². The lowest BCUT2D eigenvalue weighted by molar-refractivity contribution is -0.0222. The summed E-state index contributed by atoms with van der Waals surface area (Å²) in [6.45, 7) is 8.99. The largest absolute Gasteiger partial charge is 0.481 e. The second-order valence-electron chi connectivity index (χ2n) is 12.8. The number of benzene rings is 3. The topological polar surface area (TPSA) is 122 Å². The Balaban J connectivity index is 1.47. The molecule has 0 bridgehead atoms. The number of rotatable bonds is 9. The van der Waals surface area contributed by atoms with Crippen LogP contribution in [0.1, 0.15) is 73.9 Å². The zero-order chi connectivity index (χ0) is 34.8. The molecule has 0 radical (unpaired) electrons. The highest BCUT2D eigenvalue weighted by atomic mass is 32.2. The van der Waals surface area contributed by atoms with Crippen molar-refractivity contribution >= 4 is 21.6 Å². The monoisotopic (exact) mass is 680 g/mol. The van der Waals surface area contributed by atoms with Gasteiger partial charge in [0.15, 0.2) is 0 Å². The average Bonchev–Trinajstić information content (AvgIpc) is 3.53. The molecular formula is C38H44N6O4S. The van der Waals surface area contributed by atoms with E-state index < -0.39 is 21.5 Å². The van der Waals surface area contributed by atoms with Gasteiger partial charge < -0.3 is 14.8 Å². The number of fused-ring (bicyclic) bond motifs is 1. The second-order valence-corrected chi connectivity index (χ2v) is 14.6. The first-order valence-electron chi connectivity index (χ1n) is 16.6. The molecule has 11 heteroatoms. The molecule has 3 N–H and O–H groups in total. The van der Waals surface area contributed by atoms with Crippen LogP contribution in [-0.2, 0) is 20.2 Å². The van der Waals surface area contributed by atoms with Crippen LogP contribution in [0.4, 0.5) is 10.5 Å². The molecule has 3 heterocycles. The molecule has 0 spiro atoms. The highest BCUT2D eigenvalue weighted by molar-refractivity contribution is 7.95. The summed E-state index contributed by atoms with van der Waals surface area (Å²) in [6, 6.07) is 30.7. The van der Waals surface area contributed by atoms with Crippen LogP contribution >= 0.6 is 0 Å². The summed E-state index contributed by atoms with van der Waals surface area (Å²) >= 11 is 0. The summed E-state index contributed by atoms with van der Waals surface area (Å²) in [5.74, 6) is 0.884. The minimum atomic E-state index is -3.69. The van der Waals surface area contributed by atoms with Crippen LogP contribution in [0.3, 0.4) is 0 Å². The average molecular weight is 681 g/mol. The van der Waals surface area contributed by atoms with E-state index >= 15 is 4.21 Å². The Hall–Kier alpha value is -4.87. The number of nitrogens with one attached hydrogen (secondary N) is 1. The molecule has 1 atom stereocenters. The van der Waals surface area contributed by atoms with Gasteiger partial charge in [-0.05, 0) is 34.1 Å². The highest BCUT2D eigenvalue weighted by Crippen LogP contribution is 2.43. The Morgan fingerprint density at radius 1 is 0.939 bits per heavy atom. The molecule has 2 aliphatic heterocycles. The normalized spacial score (nSPS) is 15.9. The quantitative estimate of drug-likeness (QED) is 0.179. The first-order chi connectivity index (χ1) is 23.6. The summed E-state index contributed by atoms with van der Waals surface area (Å²) < 4.78 is 31.9. The molecular weight excluding hydrogens is 637 g/mol. The van der Waals surface area contributed by atoms with E-state index in [1.54, 1.807) is 12.1 Å². The fourth-order valence-electron chi connectivity index (χ4n) is 6.50. The van der Waals surface area contributed by atoms with Crippen LogP contribution in [0.15, 0.2) is 112 Å². The number of methoxy groups -OCH3 is 1. The number of hydrogen-bond acceptors (Lipinski definition) is 7. The Morgan fingerprint density at radius 2 is 1.49 bits per heavy atom. The summed E-state index contributed by atoms with van der Waals surface area (Å²) in [4.78, 5) is 19.2. The lowest BCUT2D eigenvalue weighted by Crippen LogP contribution is -2.47. The first-order valence-corrected chi connectivity index (χ1v) is 18.2. The SMILES string of the molecule is COc1cc(C(C)C)c(NC(=O)N2CC(S(N)(=O)=NC(c3ccccc3)(c3ccccc3)c3ccccc3)=C3OCCCN32)c(C(C)C)n1. The maximum atomic E-state index is 15.1. The maximum Gasteiger partial charge on any atom is 0.341 e. The number of carbonyl (C=O) groups is 1. The molecule has 1 aromatic heterocycles. The zero-order valence-corrected chi connectivity index (χ0v) is 29.4. The number of pyridine rings is 1. The minimum absolute atomic E-state index is 0.00713. The third-order valence-corrected chi connectivity index (χ3v) is 10.5. The number of nitrogens with two attached hydrogens (primary N) is 1. The van der Waals surface area contributed by atoms with Crippen molar-refractivity contribution in [3.05, 3.63) is 136 Å². The molecule has 49 heavy (non-hydrogen) atoms. The molecule has 0 saturated carbocycles. The number of amides is 2. The summed E-state index contributed by atoms with van der Waals surface area (Å²) in [7, 11) is -2.10. The standard InChI is InChI=1S/C38H44N6O4S/c1-26(2)31-24-33(47-5)40-34(27(3)4)35(31)41-37(45)44-25-32(36-43(44)22-15-23-48-36)49(39,46)42-38(28-16-9-6-10-17-28,29-18-11-7-12-19-29)30-20-13-8-14-21-30/h6-14,16-21,24,26-27H,15,22-23,25H2,1-5H3,(H,41,45)(H2,39,42,46). The van der Waals surface area contributed by atoms with Crippen LogP contribution in [-0.4, -0.2) is 52.0 Å². The van der Waals surface area contributed by atoms with Gasteiger partial charge in [0.1, 0.15) is 20.4 Å². The van der Waals surface area contributed by atoms with Crippen molar-refractivity contribution < 1.29 is 18.5 Å². The molecule has 2 amide bonds. The Morgan fingerprint density at radius 3 is 1.98 bits per heavy atom. The lowest BCUT2D eigenvalue weighted by Gasteiger charge is -2.34. The van der Waals surface area contributed by atoms with Gasteiger partial charge in [-0.15, -0.1) is 0 Å². The molecule has 10 nitrogen and oxygen atoms in total. The fourth-order valence-corrected chi connectivity index (χ4v) is 8.06. The van der Waals surface area contributed by atoms with Crippen LogP contribution in [0.5, 0.6) is 5.88 Å².